The molecule has 3 aliphatic rings. The fourth-order valence-electron chi connectivity index (χ4n) is 7.97. The number of benzene rings is 2. The summed E-state index contributed by atoms with van der Waals surface area (Å²) in [5.41, 5.74) is 6.27. The second kappa shape index (κ2) is 18.4. The van der Waals surface area contributed by atoms with E-state index in [1.165, 1.54) is 11.0 Å². The van der Waals surface area contributed by atoms with Crippen LogP contribution in [0.15, 0.2) is 73.6 Å². The van der Waals surface area contributed by atoms with Crippen molar-refractivity contribution in [3.05, 3.63) is 96.1 Å². The molecule has 312 valence electrons. The lowest BCUT2D eigenvalue weighted by atomic mass is 10.00. The van der Waals surface area contributed by atoms with Crippen LogP contribution in [-0.4, -0.2) is 82.8 Å². The van der Waals surface area contributed by atoms with Gasteiger partial charge in [0.25, 0.3) is 11.8 Å². The molecule has 1 unspecified atom stereocenters. The summed E-state index contributed by atoms with van der Waals surface area (Å²) >= 11 is 0. The number of piperidine rings is 1. The van der Waals surface area contributed by atoms with Crippen LogP contribution in [0.25, 0.3) is 11.1 Å². The second-order valence-electron chi connectivity index (χ2n) is 15.5. The average Bonchev–Trinajstić information content (AvgIpc) is 3.75. The van der Waals surface area contributed by atoms with Crippen molar-refractivity contribution in [3.8, 4) is 16.9 Å². The Bertz CT molecular complexity index is 2170. The zero-order chi connectivity index (χ0) is 41.6. The first-order chi connectivity index (χ1) is 28.5. The van der Waals surface area contributed by atoms with Crippen molar-refractivity contribution in [3.63, 3.8) is 0 Å². The predicted molar refractivity (Wildman–Crippen MR) is 225 cm³/mol. The number of nitrogens with one attached hydrogen (secondary N) is 2. The molecule has 7 rings (SSSR count). The van der Waals surface area contributed by atoms with Gasteiger partial charge in [-0.3, -0.25) is 14.4 Å². The first-order valence-electron chi connectivity index (χ1n) is 20.4. The van der Waals surface area contributed by atoms with Crippen LogP contribution in [0.2, 0.25) is 0 Å². The molecule has 0 bridgehead atoms. The summed E-state index contributed by atoms with van der Waals surface area (Å²) in [5, 5.41) is 5.82. The third kappa shape index (κ3) is 9.39. The van der Waals surface area contributed by atoms with Crippen LogP contribution in [0.1, 0.15) is 83.5 Å². The first kappa shape index (κ1) is 41.3. The Hall–Kier alpha value is -5.86. The van der Waals surface area contributed by atoms with Gasteiger partial charge < -0.3 is 43.6 Å². The molecular formula is C45H54N6O8. The topological polar surface area (TPSA) is 146 Å². The Morgan fingerprint density at radius 1 is 0.915 bits per heavy atom. The van der Waals surface area contributed by atoms with Gasteiger partial charge in [-0.05, 0) is 106 Å². The maximum absolute atomic E-state index is 14.2. The van der Waals surface area contributed by atoms with E-state index in [9.17, 15) is 19.2 Å². The van der Waals surface area contributed by atoms with Crippen LogP contribution in [0, 0.1) is 13.8 Å². The van der Waals surface area contributed by atoms with Crippen LogP contribution in [0.3, 0.4) is 0 Å². The van der Waals surface area contributed by atoms with Crippen LogP contribution in [0.5, 0.6) is 5.75 Å². The number of nitrogens with zero attached hydrogens (tertiary/aromatic N) is 4. The molecule has 2 aromatic heterocycles. The Labute approximate surface area is 345 Å². The molecule has 14 nitrogen and oxygen atoms in total. The number of fused-ring (bicyclic) bond motifs is 2. The summed E-state index contributed by atoms with van der Waals surface area (Å²) in [4.78, 5) is 57.6. The summed E-state index contributed by atoms with van der Waals surface area (Å²) in [6.07, 6.45) is 8.72. The molecule has 59 heavy (non-hydrogen) atoms. The highest BCUT2D eigenvalue weighted by Gasteiger charge is 2.46. The standard InChI is InChI=1S/C45H54N6O8/c1-6-20-58-45(55)51-37-26-39(29(2)23-35(37)43(54)50-19-9-7-12-36(50)44(51)59-41-14-8-10-21-57-41)56-22-11-13-40(52)46-34-25-38(49(5)28-34)42(53)47-33-17-15-31(16-18-33)32-24-30(3)48(4)27-32/h6,15-18,23-28,36,41,44H,1,7-14,19-22H2,2-5H3,(H,46,52)(H,47,53)/t36-,41?,44-/m0/s1. The molecule has 4 aromatic rings. The molecule has 2 aromatic carbocycles. The number of carbonyl (C=O) groups excluding carboxylic acids is 4. The van der Waals surface area contributed by atoms with E-state index >= 15 is 0 Å². The van der Waals surface area contributed by atoms with Crippen molar-refractivity contribution in [2.75, 3.05) is 41.9 Å². The van der Waals surface area contributed by atoms with E-state index in [4.69, 9.17) is 18.9 Å². The van der Waals surface area contributed by atoms with Gasteiger partial charge in [0.05, 0.1) is 29.6 Å². The van der Waals surface area contributed by atoms with Crippen molar-refractivity contribution in [2.24, 2.45) is 14.1 Å². The summed E-state index contributed by atoms with van der Waals surface area (Å²) < 4.78 is 28.1. The van der Waals surface area contributed by atoms with E-state index in [1.54, 1.807) is 36.0 Å². The molecule has 5 heterocycles. The van der Waals surface area contributed by atoms with Gasteiger partial charge in [0, 0.05) is 63.5 Å². The minimum atomic E-state index is -0.847. The van der Waals surface area contributed by atoms with E-state index in [0.29, 0.717) is 72.0 Å². The quantitative estimate of drug-likeness (QED) is 0.103. The molecule has 14 heteroatoms. The molecular weight excluding hydrogens is 753 g/mol. The van der Waals surface area contributed by atoms with E-state index in [2.05, 4.69) is 41.0 Å². The molecule has 3 atom stereocenters. The Morgan fingerprint density at radius 2 is 1.71 bits per heavy atom. The van der Waals surface area contributed by atoms with Gasteiger partial charge in [-0.1, -0.05) is 24.8 Å². The van der Waals surface area contributed by atoms with Gasteiger partial charge in [-0.25, -0.2) is 9.69 Å². The summed E-state index contributed by atoms with van der Waals surface area (Å²) in [6, 6.07) is 14.5. The van der Waals surface area contributed by atoms with Crippen molar-refractivity contribution in [2.45, 2.75) is 83.8 Å². The van der Waals surface area contributed by atoms with Gasteiger partial charge in [-0.15, -0.1) is 0 Å². The minimum Gasteiger partial charge on any atom is -0.493 e. The Morgan fingerprint density at radius 3 is 2.44 bits per heavy atom. The first-order valence-corrected chi connectivity index (χ1v) is 20.4. The lowest BCUT2D eigenvalue weighted by Gasteiger charge is -2.42. The number of hydrogen-bond acceptors (Lipinski definition) is 8. The van der Waals surface area contributed by atoms with E-state index in [1.807, 2.05) is 43.1 Å². The number of aryl methyl sites for hydroxylation is 4. The maximum Gasteiger partial charge on any atom is 0.416 e. The molecule has 2 N–H and O–H groups in total. The molecule has 2 saturated heterocycles. The highest BCUT2D eigenvalue weighted by molar-refractivity contribution is 6.06. The molecule has 2 fully saturated rings. The van der Waals surface area contributed by atoms with Gasteiger partial charge >= 0.3 is 6.09 Å². The summed E-state index contributed by atoms with van der Waals surface area (Å²) in [7, 11) is 3.76. The fourth-order valence-corrected chi connectivity index (χ4v) is 7.97. The number of hydrogen-bond donors (Lipinski definition) is 2. The highest BCUT2D eigenvalue weighted by atomic mass is 16.7. The van der Waals surface area contributed by atoms with E-state index in [-0.39, 0.29) is 37.4 Å². The lowest BCUT2D eigenvalue weighted by molar-refractivity contribution is -0.198. The molecule has 3 aliphatic heterocycles. The fraction of sp³-hybridized carbons (Fsp3) is 0.422. The normalized spacial score (nSPS) is 19.0. The zero-order valence-corrected chi connectivity index (χ0v) is 34.3. The monoisotopic (exact) mass is 806 g/mol. The van der Waals surface area contributed by atoms with Gasteiger partial charge in [0.1, 0.15) is 18.1 Å². The molecule has 0 radical (unpaired) electrons. The summed E-state index contributed by atoms with van der Waals surface area (Å²) in [6.45, 7) is 8.88. The maximum atomic E-state index is 14.2. The molecule has 0 spiro atoms. The van der Waals surface area contributed by atoms with Crippen LogP contribution in [0.4, 0.5) is 21.9 Å². The van der Waals surface area contributed by atoms with Crippen LogP contribution in [-0.2, 0) is 33.1 Å². The largest absolute Gasteiger partial charge is 0.493 e. The Kier molecular flexibility index (Phi) is 12.9. The van der Waals surface area contributed by atoms with Crippen molar-refractivity contribution in [1.82, 2.24) is 14.0 Å². The number of anilines is 3. The highest BCUT2D eigenvalue weighted by Crippen LogP contribution is 2.40. The van der Waals surface area contributed by atoms with E-state index in [0.717, 1.165) is 42.5 Å². The number of ether oxygens (including phenoxy) is 4. The SMILES string of the molecule is C=CCOC(=O)N1c2cc(OCCCC(=O)Nc3cc(C(=O)Nc4ccc(-c5cc(C)n(C)c5)cc4)n(C)c3)c(C)cc2C(=O)N2CCCC[C@H]2[C@@H]1OC1CCCCO1. The van der Waals surface area contributed by atoms with Crippen molar-refractivity contribution >= 4 is 40.9 Å². The van der Waals surface area contributed by atoms with Crippen molar-refractivity contribution in [1.29, 1.82) is 0 Å². The predicted octanol–water partition coefficient (Wildman–Crippen LogP) is 7.70. The molecule has 0 saturated carbocycles. The van der Waals surface area contributed by atoms with E-state index < -0.39 is 24.7 Å². The number of aromatic nitrogens is 2. The molecule has 4 amide bonds. The molecule has 0 aliphatic carbocycles. The second-order valence-corrected chi connectivity index (χ2v) is 15.5. The lowest BCUT2D eigenvalue weighted by Crippen LogP contribution is -2.57. The Balaban J connectivity index is 0.991. The smallest absolute Gasteiger partial charge is 0.416 e. The zero-order valence-electron chi connectivity index (χ0n) is 34.3. The number of amides is 4. The van der Waals surface area contributed by atoms with Crippen LogP contribution >= 0.6 is 0 Å². The third-order valence-electron chi connectivity index (χ3n) is 11.2. The number of carbonyl (C=O) groups is 4. The van der Waals surface area contributed by atoms with Gasteiger partial charge in [0.15, 0.2) is 12.5 Å². The van der Waals surface area contributed by atoms with Gasteiger partial charge in [0.2, 0.25) is 5.91 Å². The number of rotatable bonds is 13. The summed E-state index contributed by atoms with van der Waals surface area (Å²) in [5.74, 6) is -0.247. The van der Waals surface area contributed by atoms with Gasteiger partial charge in [-0.2, -0.15) is 0 Å². The minimum absolute atomic E-state index is 0.0157. The van der Waals surface area contributed by atoms with Crippen LogP contribution < -0.4 is 20.3 Å². The van der Waals surface area contributed by atoms with Crippen molar-refractivity contribution < 1.29 is 38.1 Å². The average molecular weight is 807 g/mol. The third-order valence-corrected chi connectivity index (χ3v) is 11.2.